The Morgan fingerprint density at radius 1 is 1.50 bits per heavy atom. The molecule has 2 saturated heterocycles. The molecule has 58 valence electrons. The fraction of sp³-hybridized carbons (Fsp3) is 1.00. The van der Waals surface area contributed by atoms with Gasteiger partial charge in [-0.2, -0.15) is 0 Å². The first-order valence-corrected chi connectivity index (χ1v) is 3.92. The van der Waals surface area contributed by atoms with Crippen molar-refractivity contribution in [3.8, 4) is 0 Å². The molecule has 10 heavy (non-hydrogen) atoms. The van der Waals surface area contributed by atoms with Crippen LogP contribution >= 0.6 is 0 Å². The van der Waals surface area contributed by atoms with E-state index in [0.717, 1.165) is 26.2 Å². The fourth-order valence-electron chi connectivity index (χ4n) is 1.62. The molecule has 0 aromatic heterocycles. The van der Waals surface area contributed by atoms with Crippen LogP contribution < -0.4 is 10.6 Å². The lowest BCUT2D eigenvalue weighted by molar-refractivity contribution is -0.122. The Bertz CT molecular complexity index is 134. The second-order valence-electron chi connectivity index (χ2n) is 3.19. The smallest absolute Gasteiger partial charge is 0.108 e. The lowest BCUT2D eigenvalue weighted by Gasteiger charge is -2.49. The lowest BCUT2D eigenvalue weighted by atomic mass is 9.88. The molecule has 0 saturated carbocycles. The van der Waals surface area contributed by atoms with Crippen LogP contribution in [0.1, 0.15) is 6.92 Å². The van der Waals surface area contributed by atoms with Crippen molar-refractivity contribution in [2.45, 2.75) is 18.6 Å². The van der Waals surface area contributed by atoms with E-state index in [1.54, 1.807) is 0 Å². The molecule has 0 aromatic carbocycles. The van der Waals surface area contributed by atoms with Crippen molar-refractivity contribution in [2.24, 2.45) is 0 Å². The minimum absolute atomic E-state index is 0.137. The Morgan fingerprint density at radius 3 is 2.70 bits per heavy atom. The minimum Gasteiger partial charge on any atom is -0.369 e. The second-order valence-corrected chi connectivity index (χ2v) is 3.19. The molecule has 0 radical (unpaired) electrons. The summed E-state index contributed by atoms with van der Waals surface area (Å²) < 4.78 is 5.69. The minimum atomic E-state index is 0.137. The first-order chi connectivity index (χ1) is 4.83. The number of nitrogens with one attached hydrogen (secondary N) is 2. The topological polar surface area (TPSA) is 33.3 Å². The number of ether oxygens (including phenoxy) is 1. The van der Waals surface area contributed by atoms with Gasteiger partial charge in [-0.05, 0) is 6.92 Å². The predicted octanol–water partition coefficient (Wildman–Crippen LogP) is -0.663. The predicted molar refractivity (Wildman–Crippen MR) is 39.0 cm³/mol. The molecule has 0 bridgehead atoms. The molecule has 2 aliphatic heterocycles. The summed E-state index contributed by atoms with van der Waals surface area (Å²) in [6.07, 6.45) is 0. The number of morpholine rings is 1. The van der Waals surface area contributed by atoms with Gasteiger partial charge in [0.15, 0.2) is 0 Å². The van der Waals surface area contributed by atoms with Crippen LogP contribution in [0.15, 0.2) is 0 Å². The number of hydrogen-bond donors (Lipinski definition) is 2. The molecule has 0 amide bonds. The van der Waals surface area contributed by atoms with Crippen molar-refractivity contribution in [1.29, 1.82) is 0 Å². The summed E-state index contributed by atoms with van der Waals surface area (Å²) in [6, 6.07) is 0.516. The molecule has 2 fully saturated rings. The maximum Gasteiger partial charge on any atom is 0.108 e. The summed E-state index contributed by atoms with van der Waals surface area (Å²) in [6.45, 7) is 6.09. The average molecular weight is 142 g/mol. The summed E-state index contributed by atoms with van der Waals surface area (Å²) in [5.41, 5.74) is 0.137. The van der Waals surface area contributed by atoms with Crippen LogP contribution in [0.4, 0.5) is 0 Å². The average Bonchev–Trinajstić information content (AvgIpc) is 1.85. The lowest BCUT2D eigenvalue weighted by Crippen LogP contribution is -2.72. The third-order valence-corrected chi connectivity index (χ3v) is 2.58. The van der Waals surface area contributed by atoms with Crippen LogP contribution in [-0.2, 0) is 4.74 Å². The van der Waals surface area contributed by atoms with Crippen LogP contribution in [0, 0.1) is 0 Å². The van der Waals surface area contributed by atoms with Crippen LogP contribution in [0.3, 0.4) is 0 Å². The molecule has 3 heteroatoms. The largest absolute Gasteiger partial charge is 0.369 e. The Kier molecular flexibility index (Phi) is 1.44. The van der Waals surface area contributed by atoms with Crippen molar-refractivity contribution in [3.05, 3.63) is 0 Å². The summed E-state index contributed by atoms with van der Waals surface area (Å²) in [7, 11) is 0. The van der Waals surface area contributed by atoms with E-state index in [1.807, 2.05) is 0 Å². The molecule has 2 aliphatic rings. The molecule has 2 rings (SSSR count). The van der Waals surface area contributed by atoms with Crippen LogP contribution in [-0.4, -0.2) is 37.9 Å². The summed E-state index contributed by atoms with van der Waals surface area (Å²) in [5, 5.41) is 6.65. The molecule has 1 atom stereocenters. The Labute approximate surface area is 61.1 Å². The van der Waals surface area contributed by atoms with E-state index in [2.05, 4.69) is 17.6 Å². The van der Waals surface area contributed by atoms with Crippen molar-refractivity contribution < 1.29 is 4.74 Å². The van der Waals surface area contributed by atoms with E-state index >= 15 is 0 Å². The number of hydrogen-bond acceptors (Lipinski definition) is 3. The van der Waals surface area contributed by atoms with E-state index in [0.29, 0.717) is 6.04 Å². The maximum atomic E-state index is 5.69. The highest BCUT2D eigenvalue weighted by atomic mass is 16.5. The van der Waals surface area contributed by atoms with Gasteiger partial charge in [-0.3, -0.25) is 0 Å². The van der Waals surface area contributed by atoms with E-state index in [4.69, 9.17) is 4.74 Å². The zero-order chi connectivity index (χ0) is 7.03. The van der Waals surface area contributed by atoms with E-state index in [1.165, 1.54) is 0 Å². The van der Waals surface area contributed by atoms with Gasteiger partial charge in [0, 0.05) is 25.7 Å². The van der Waals surface area contributed by atoms with Gasteiger partial charge >= 0.3 is 0 Å². The van der Waals surface area contributed by atoms with E-state index in [9.17, 15) is 0 Å². The maximum absolute atomic E-state index is 5.69. The molecule has 0 aromatic rings. The van der Waals surface area contributed by atoms with Crippen LogP contribution in [0.2, 0.25) is 0 Å². The van der Waals surface area contributed by atoms with Gasteiger partial charge in [-0.1, -0.05) is 0 Å². The standard InChI is InChI=1S/C7H14N2O/c1-6-7(4-8-5-7)10-3-2-9-6/h6,8-9H,2-5H2,1H3. The molecule has 1 spiro atoms. The van der Waals surface area contributed by atoms with Crippen LogP contribution in [0.5, 0.6) is 0 Å². The molecule has 2 heterocycles. The number of rotatable bonds is 0. The molecule has 2 N–H and O–H groups in total. The highest BCUT2D eigenvalue weighted by molar-refractivity contribution is 5.03. The van der Waals surface area contributed by atoms with Gasteiger partial charge in [0.25, 0.3) is 0 Å². The normalized spacial score (nSPS) is 37.5. The Hall–Kier alpha value is -0.120. The van der Waals surface area contributed by atoms with Crippen molar-refractivity contribution in [1.82, 2.24) is 10.6 Å². The van der Waals surface area contributed by atoms with Gasteiger partial charge < -0.3 is 15.4 Å². The molecular weight excluding hydrogens is 128 g/mol. The van der Waals surface area contributed by atoms with Crippen LogP contribution in [0.25, 0.3) is 0 Å². The fourth-order valence-corrected chi connectivity index (χ4v) is 1.62. The molecule has 1 unspecified atom stereocenters. The zero-order valence-corrected chi connectivity index (χ0v) is 6.31. The Balaban J connectivity index is 2.03. The van der Waals surface area contributed by atoms with Gasteiger partial charge in [-0.15, -0.1) is 0 Å². The molecular formula is C7H14N2O. The second kappa shape index (κ2) is 2.19. The van der Waals surface area contributed by atoms with Gasteiger partial charge in [0.05, 0.1) is 6.61 Å². The zero-order valence-electron chi connectivity index (χ0n) is 6.31. The highest BCUT2D eigenvalue weighted by Gasteiger charge is 2.44. The van der Waals surface area contributed by atoms with Gasteiger partial charge in [-0.25, -0.2) is 0 Å². The summed E-state index contributed by atoms with van der Waals surface area (Å²) in [5.74, 6) is 0. The van der Waals surface area contributed by atoms with Gasteiger partial charge in [0.2, 0.25) is 0 Å². The van der Waals surface area contributed by atoms with Crippen molar-refractivity contribution >= 4 is 0 Å². The molecule has 0 aliphatic carbocycles. The van der Waals surface area contributed by atoms with Crippen molar-refractivity contribution in [2.75, 3.05) is 26.2 Å². The summed E-state index contributed by atoms with van der Waals surface area (Å²) >= 11 is 0. The Morgan fingerprint density at radius 2 is 2.30 bits per heavy atom. The molecule has 3 nitrogen and oxygen atoms in total. The first-order valence-electron chi connectivity index (χ1n) is 3.92. The monoisotopic (exact) mass is 142 g/mol. The van der Waals surface area contributed by atoms with E-state index in [-0.39, 0.29) is 5.60 Å². The highest BCUT2D eigenvalue weighted by Crippen LogP contribution is 2.23. The first kappa shape index (κ1) is 6.58. The van der Waals surface area contributed by atoms with Gasteiger partial charge in [0.1, 0.15) is 5.60 Å². The third kappa shape index (κ3) is 0.779. The SMILES string of the molecule is CC1NCCOC12CNC2. The summed E-state index contributed by atoms with van der Waals surface area (Å²) in [4.78, 5) is 0. The van der Waals surface area contributed by atoms with E-state index < -0.39 is 0 Å². The quantitative estimate of drug-likeness (QED) is 0.471. The third-order valence-electron chi connectivity index (χ3n) is 2.58. The van der Waals surface area contributed by atoms with Crippen molar-refractivity contribution in [3.63, 3.8) is 0 Å².